The van der Waals surface area contributed by atoms with Gasteiger partial charge >= 0.3 is 0 Å². The van der Waals surface area contributed by atoms with Crippen molar-refractivity contribution in [3.8, 4) is 0 Å². The molecule has 2 amide bonds. The van der Waals surface area contributed by atoms with Crippen molar-refractivity contribution >= 4 is 58.2 Å². The Kier molecular flexibility index (Phi) is 8.67. The van der Waals surface area contributed by atoms with Gasteiger partial charge in [-0.15, -0.1) is 0 Å². The smallest absolute Gasteiger partial charge is 0.234 e. The summed E-state index contributed by atoms with van der Waals surface area (Å²) in [7, 11) is 0. The Morgan fingerprint density at radius 2 is 1.68 bits per heavy atom. The highest BCUT2D eigenvalue weighted by Gasteiger charge is 2.10. The van der Waals surface area contributed by atoms with Gasteiger partial charge in [0.2, 0.25) is 11.8 Å². The standard InChI is InChI=1S/C21H24Cl2N2O2S/c1-13-10-14(2)21(15(3)11-13)25-18(26)8-5-9-28-12-19(27)24-17-7-4-6-16(22)20(17)23/h4,6-7,10-11H,5,8-9,12H2,1-3H3,(H,24,27)(H,25,26). The predicted octanol–water partition coefficient (Wildman–Crippen LogP) is 6.01. The Hall–Kier alpha value is -1.69. The third-order valence-corrected chi connectivity index (χ3v) is 5.96. The fourth-order valence-corrected chi connectivity index (χ4v) is 3.96. The predicted molar refractivity (Wildman–Crippen MR) is 121 cm³/mol. The molecule has 7 heteroatoms. The van der Waals surface area contributed by atoms with E-state index in [0.29, 0.717) is 34.3 Å². The minimum Gasteiger partial charge on any atom is -0.326 e. The molecule has 4 nitrogen and oxygen atoms in total. The molecule has 2 rings (SSSR count). The van der Waals surface area contributed by atoms with E-state index in [1.54, 1.807) is 18.2 Å². The third-order valence-electron chi connectivity index (χ3n) is 4.09. The minimum atomic E-state index is -0.149. The van der Waals surface area contributed by atoms with Crippen LogP contribution in [0.3, 0.4) is 0 Å². The molecule has 0 fully saturated rings. The van der Waals surface area contributed by atoms with Gasteiger partial charge in [-0.1, -0.05) is 47.0 Å². The molecule has 0 bridgehead atoms. The number of carbonyl (C=O) groups is 2. The number of carbonyl (C=O) groups excluding carboxylic acids is 2. The van der Waals surface area contributed by atoms with E-state index in [4.69, 9.17) is 23.2 Å². The number of benzene rings is 2. The molecule has 0 radical (unpaired) electrons. The highest BCUT2D eigenvalue weighted by Crippen LogP contribution is 2.29. The number of halogens is 2. The lowest BCUT2D eigenvalue weighted by Crippen LogP contribution is -2.15. The van der Waals surface area contributed by atoms with E-state index in [-0.39, 0.29) is 11.8 Å². The average Bonchev–Trinajstić information content (AvgIpc) is 2.61. The maximum Gasteiger partial charge on any atom is 0.234 e. The summed E-state index contributed by atoms with van der Waals surface area (Å²) in [6.07, 6.45) is 1.12. The molecule has 0 aliphatic carbocycles. The maximum atomic E-state index is 12.2. The van der Waals surface area contributed by atoms with Crippen molar-refractivity contribution < 1.29 is 9.59 Å². The van der Waals surface area contributed by atoms with Gasteiger partial charge in [0.15, 0.2) is 0 Å². The van der Waals surface area contributed by atoms with Crippen LogP contribution in [0, 0.1) is 20.8 Å². The molecule has 0 aliphatic rings. The fraction of sp³-hybridized carbons (Fsp3) is 0.333. The zero-order chi connectivity index (χ0) is 20.7. The van der Waals surface area contributed by atoms with Crippen LogP contribution in [0.2, 0.25) is 10.0 Å². The molecule has 0 heterocycles. The number of hydrogen-bond donors (Lipinski definition) is 2. The summed E-state index contributed by atoms with van der Waals surface area (Å²) in [5.41, 5.74) is 4.71. The SMILES string of the molecule is Cc1cc(C)c(NC(=O)CCCSCC(=O)Nc2cccc(Cl)c2Cl)c(C)c1. The van der Waals surface area contributed by atoms with Gasteiger partial charge in [-0.2, -0.15) is 11.8 Å². The number of aryl methyl sites for hydroxylation is 3. The lowest BCUT2D eigenvalue weighted by molar-refractivity contribution is -0.116. The largest absolute Gasteiger partial charge is 0.326 e. The molecule has 150 valence electrons. The van der Waals surface area contributed by atoms with Gasteiger partial charge in [-0.3, -0.25) is 9.59 Å². The molecule has 2 aromatic rings. The van der Waals surface area contributed by atoms with Gasteiger partial charge in [-0.05, 0) is 56.2 Å². The highest BCUT2D eigenvalue weighted by atomic mass is 35.5. The third kappa shape index (κ3) is 6.73. The van der Waals surface area contributed by atoms with Crippen molar-refractivity contribution in [1.82, 2.24) is 0 Å². The van der Waals surface area contributed by atoms with Crippen molar-refractivity contribution in [3.63, 3.8) is 0 Å². The lowest BCUT2D eigenvalue weighted by atomic mass is 10.0. The van der Waals surface area contributed by atoms with Crippen LogP contribution in [0.5, 0.6) is 0 Å². The van der Waals surface area contributed by atoms with Gasteiger partial charge in [-0.25, -0.2) is 0 Å². The molecule has 28 heavy (non-hydrogen) atoms. The zero-order valence-electron chi connectivity index (χ0n) is 16.2. The Labute approximate surface area is 180 Å². The van der Waals surface area contributed by atoms with Crippen molar-refractivity contribution in [2.24, 2.45) is 0 Å². The van der Waals surface area contributed by atoms with Crippen LogP contribution in [0.15, 0.2) is 30.3 Å². The van der Waals surface area contributed by atoms with Gasteiger partial charge in [0.1, 0.15) is 0 Å². The van der Waals surface area contributed by atoms with E-state index in [1.165, 1.54) is 17.3 Å². The summed E-state index contributed by atoms with van der Waals surface area (Å²) in [4.78, 5) is 24.2. The summed E-state index contributed by atoms with van der Waals surface area (Å²) in [6, 6.07) is 9.22. The molecule has 0 saturated heterocycles. The Balaban J connectivity index is 1.69. The first kappa shape index (κ1) is 22.6. The summed E-state index contributed by atoms with van der Waals surface area (Å²) in [6.45, 7) is 6.03. The quantitative estimate of drug-likeness (QED) is 0.496. The summed E-state index contributed by atoms with van der Waals surface area (Å²) in [5.74, 6) is 0.853. The normalized spacial score (nSPS) is 10.6. The van der Waals surface area contributed by atoms with E-state index in [2.05, 4.69) is 22.8 Å². The second-order valence-corrected chi connectivity index (χ2v) is 8.52. The van der Waals surface area contributed by atoms with Crippen molar-refractivity contribution in [3.05, 3.63) is 57.1 Å². The molecule has 0 aliphatic heterocycles. The van der Waals surface area contributed by atoms with Crippen molar-refractivity contribution in [2.45, 2.75) is 33.6 Å². The van der Waals surface area contributed by atoms with Crippen LogP contribution in [0.1, 0.15) is 29.5 Å². The molecular formula is C21H24Cl2N2O2S. The highest BCUT2D eigenvalue weighted by molar-refractivity contribution is 7.99. The Bertz CT molecular complexity index is 848. The van der Waals surface area contributed by atoms with Gasteiger partial charge in [0, 0.05) is 12.1 Å². The van der Waals surface area contributed by atoms with Gasteiger partial charge < -0.3 is 10.6 Å². The van der Waals surface area contributed by atoms with Gasteiger partial charge in [0.25, 0.3) is 0 Å². The topological polar surface area (TPSA) is 58.2 Å². The molecule has 0 unspecified atom stereocenters. The van der Waals surface area contributed by atoms with Crippen LogP contribution in [0.4, 0.5) is 11.4 Å². The van der Waals surface area contributed by atoms with E-state index in [0.717, 1.165) is 22.6 Å². The second-order valence-electron chi connectivity index (χ2n) is 6.63. The number of anilines is 2. The van der Waals surface area contributed by atoms with Crippen molar-refractivity contribution in [2.75, 3.05) is 22.1 Å². The van der Waals surface area contributed by atoms with Crippen LogP contribution in [-0.4, -0.2) is 23.3 Å². The van der Waals surface area contributed by atoms with Crippen LogP contribution < -0.4 is 10.6 Å². The zero-order valence-corrected chi connectivity index (χ0v) is 18.5. The lowest BCUT2D eigenvalue weighted by Gasteiger charge is -2.12. The molecule has 2 N–H and O–H groups in total. The monoisotopic (exact) mass is 438 g/mol. The van der Waals surface area contributed by atoms with Crippen LogP contribution >= 0.6 is 35.0 Å². The Morgan fingerprint density at radius 3 is 2.36 bits per heavy atom. The number of nitrogens with one attached hydrogen (secondary N) is 2. The fourth-order valence-electron chi connectivity index (χ4n) is 2.87. The molecular weight excluding hydrogens is 415 g/mol. The average molecular weight is 439 g/mol. The first-order valence-corrected chi connectivity index (χ1v) is 10.9. The van der Waals surface area contributed by atoms with E-state index >= 15 is 0 Å². The summed E-state index contributed by atoms with van der Waals surface area (Å²) < 4.78 is 0. The second kappa shape index (κ2) is 10.7. The van der Waals surface area contributed by atoms with E-state index in [1.807, 2.05) is 20.8 Å². The first-order chi connectivity index (χ1) is 13.3. The molecule has 0 aromatic heterocycles. The maximum absolute atomic E-state index is 12.2. The van der Waals surface area contributed by atoms with E-state index < -0.39 is 0 Å². The minimum absolute atomic E-state index is 0.00851. The number of amides is 2. The molecule has 2 aromatic carbocycles. The summed E-state index contributed by atoms with van der Waals surface area (Å²) in [5, 5.41) is 6.47. The summed E-state index contributed by atoms with van der Waals surface area (Å²) >= 11 is 13.5. The number of rotatable bonds is 8. The molecule has 0 atom stereocenters. The van der Waals surface area contributed by atoms with Crippen LogP contribution in [0.25, 0.3) is 0 Å². The van der Waals surface area contributed by atoms with E-state index in [9.17, 15) is 9.59 Å². The number of hydrogen-bond acceptors (Lipinski definition) is 3. The Morgan fingerprint density at radius 1 is 1.00 bits per heavy atom. The van der Waals surface area contributed by atoms with Gasteiger partial charge in [0.05, 0.1) is 21.5 Å². The first-order valence-electron chi connectivity index (χ1n) is 8.97. The van der Waals surface area contributed by atoms with Crippen LogP contribution in [-0.2, 0) is 9.59 Å². The molecule has 0 spiro atoms. The van der Waals surface area contributed by atoms with Crippen molar-refractivity contribution in [1.29, 1.82) is 0 Å². The number of thioether (sulfide) groups is 1. The molecule has 0 saturated carbocycles.